The van der Waals surface area contributed by atoms with Gasteiger partial charge in [-0.05, 0) is 36.3 Å². The van der Waals surface area contributed by atoms with Crippen molar-refractivity contribution in [2.75, 3.05) is 0 Å². The van der Waals surface area contributed by atoms with Crippen LogP contribution in [0.2, 0.25) is 36.3 Å². The molecule has 136 valence electrons. The van der Waals surface area contributed by atoms with Crippen molar-refractivity contribution in [3.63, 3.8) is 0 Å². The minimum Gasteiger partial charge on any atom is -0.411 e. The van der Waals surface area contributed by atoms with E-state index in [2.05, 4.69) is 67.7 Å². The van der Waals surface area contributed by atoms with E-state index in [0.717, 1.165) is 12.8 Å². The Morgan fingerprint density at radius 3 is 1.26 bits per heavy atom. The van der Waals surface area contributed by atoms with Gasteiger partial charge in [0.05, 0.1) is 24.4 Å². The molecule has 0 N–H and O–H groups in total. The summed E-state index contributed by atoms with van der Waals surface area (Å²) in [6, 6.07) is 0. The summed E-state index contributed by atoms with van der Waals surface area (Å²) in [6.45, 7) is 23.2. The lowest BCUT2D eigenvalue weighted by molar-refractivity contribution is 0.0153. The van der Waals surface area contributed by atoms with Gasteiger partial charge in [-0.15, -0.1) is 0 Å². The highest BCUT2D eigenvalue weighted by Gasteiger charge is 2.53. The molecular formula is C18H38O3Si2. The van der Waals surface area contributed by atoms with E-state index in [4.69, 9.17) is 13.6 Å². The summed E-state index contributed by atoms with van der Waals surface area (Å²) < 4.78 is 19.3. The second-order valence-electron chi connectivity index (χ2n) is 10.5. The first-order chi connectivity index (χ1) is 10.1. The molecule has 3 nitrogen and oxygen atoms in total. The number of hydrogen-bond donors (Lipinski definition) is 0. The third-order valence-electron chi connectivity index (χ3n) is 6.54. The molecule has 0 aromatic rings. The van der Waals surface area contributed by atoms with Crippen LogP contribution in [-0.4, -0.2) is 41.1 Å². The van der Waals surface area contributed by atoms with Gasteiger partial charge in [0, 0.05) is 12.8 Å². The number of hydrogen-bond acceptors (Lipinski definition) is 3. The first-order valence-electron chi connectivity index (χ1n) is 9.15. The maximum atomic E-state index is 6.77. The SMILES string of the molecule is CC(C)(C)[Si](C)(C)OC1C[C@@H]2O[C@@H]2CC1O[Si](C)(C)C(C)(C)C. The molecule has 1 heterocycles. The van der Waals surface area contributed by atoms with Gasteiger partial charge in [0.15, 0.2) is 16.6 Å². The molecule has 5 heteroatoms. The zero-order valence-electron chi connectivity index (χ0n) is 16.9. The quantitative estimate of drug-likeness (QED) is 0.503. The minimum atomic E-state index is -1.79. The van der Waals surface area contributed by atoms with E-state index in [0.29, 0.717) is 12.2 Å². The molecule has 2 rings (SSSR count). The predicted octanol–water partition coefficient (Wildman–Crippen LogP) is 5.33. The zero-order valence-corrected chi connectivity index (χ0v) is 18.9. The summed E-state index contributed by atoms with van der Waals surface area (Å²) >= 11 is 0. The summed E-state index contributed by atoms with van der Waals surface area (Å²) in [5.74, 6) is 0. The van der Waals surface area contributed by atoms with Crippen LogP contribution >= 0.6 is 0 Å². The molecule has 0 aromatic heterocycles. The molecule has 2 unspecified atom stereocenters. The fraction of sp³-hybridized carbons (Fsp3) is 1.00. The van der Waals surface area contributed by atoms with Crippen LogP contribution in [-0.2, 0) is 13.6 Å². The van der Waals surface area contributed by atoms with E-state index in [1.807, 2.05) is 0 Å². The van der Waals surface area contributed by atoms with Crippen molar-refractivity contribution in [1.29, 1.82) is 0 Å². The molecule has 0 spiro atoms. The Morgan fingerprint density at radius 1 is 0.696 bits per heavy atom. The Hall–Kier alpha value is 0.314. The standard InChI is InChI=1S/C18H38O3Si2/c1-17(2,3)22(7,8)20-15-11-13-14(19-13)12-16(15)21-23(9,10)18(4,5)6/h13-16H,11-12H2,1-10H3/t13-,14+,15?,16?. The van der Waals surface area contributed by atoms with Crippen molar-refractivity contribution in [3.05, 3.63) is 0 Å². The van der Waals surface area contributed by atoms with E-state index in [1.54, 1.807) is 0 Å². The van der Waals surface area contributed by atoms with E-state index < -0.39 is 16.6 Å². The summed E-state index contributed by atoms with van der Waals surface area (Å²) in [7, 11) is -3.57. The van der Waals surface area contributed by atoms with E-state index in [-0.39, 0.29) is 22.3 Å². The average molecular weight is 359 g/mol. The fourth-order valence-electron chi connectivity index (χ4n) is 2.71. The Labute approximate surface area is 145 Å². The number of ether oxygens (including phenoxy) is 1. The normalized spacial score (nSPS) is 32.6. The van der Waals surface area contributed by atoms with E-state index in [1.165, 1.54) is 0 Å². The average Bonchev–Trinajstić information content (AvgIpc) is 3.03. The molecule has 1 saturated heterocycles. The lowest BCUT2D eigenvalue weighted by Crippen LogP contribution is -2.53. The van der Waals surface area contributed by atoms with Crippen molar-refractivity contribution < 1.29 is 13.6 Å². The van der Waals surface area contributed by atoms with Gasteiger partial charge < -0.3 is 13.6 Å². The molecule has 23 heavy (non-hydrogen) atoms. The van der Waals surface area contributed by atoms with Gasteiger partial charge >= 0.3 is 0 Å². The highest BCUT2D eigenvalue weighted by molar-refractivity contribution is 6.74. The zero-order chi connectivity index (χ0) is 17.8. The van der Waals surface area contributed by atoms with Gasteiger partial charge in [0.2, 0.25) is 0 Å². The molecule has 1 saturated carbocycles. The molecule has 4 atom stereocenters. The molecule has 1 aliphatic heterocycles. The molecule has 2 aliphatic rings. The highest BCUT2D eigenvalue weighted by Crippen LogP contribution is 2.46. The topological polar surface area (TPSA) is 31.0 Å². The van der Waals surface area contributed by atoms with Crippen LogP contribution in [0.15, 0.2) is 0 Å². The van der Waals surface area contributed by atoms with Crippen molar-refractivity contribution >= 4 is 16.6 Å². The summed E-state index contributed by atoms with van der Waals surface area (Å²) in [6.07, 6.45) is 3.27. The molecule has 0 amide bonds. The summed E-state index contributed by atoms with van der Waals surface area (Å²) in [5.41, 5.74) is 0. The van der Waals surface area contributed by atoms with Crippen LogP contribution in [0.5, 0.6) is 0 Å². The monoisotopic (exact) mass is 358 g/mol. The van der Waals surface area contributed by atoms with Crippen molar-refractivity contribution in [2.24, 2.45) is 0 Å². The fourth-order valence-corrected chi connectivity index (χ4v) is 5.43. The highest BCUT2D eigenvalue weighted by atomic mass is 28.4. The van der Waals surface area contributed by atoms with Gasteiger partial charge in [0.1, 0.15) is 0 Å². The molecule has 2 fully saturated rings. The maximum Gasteiger partial charge on any atom is 0.192 e. The van der Waals surface area contributed by atoms with Gasteiger partial charge in [-0.25, -0.2) is 0 Å². The van der Waals surface area contributed by atoms with E-state index in [9.17, 15) is 0 Å². The number of fused-ring (bicyclic) bond motifs is 1. The molecule has 0 radical (unpaired) electrons. The van der Waals surface area contributed by atoms with Crippen LogP contribution in [0.4, 0.5) is 0 Å². The minimum absolute atomic E-state index is 0.203. The lowest BCUT2D eigenvalue weighted by atomic mass is 9.95. The van der Waals surface area contributed by atoms with Gasteiger partial charge in [-0.1, -0.05) is 41.5 Å². The van der Waals surface area contributed by atoms with E-state index >= 15 is 0 Å². The Kier molecular flexibility index (Phi) is 5.07. The molecule has 0 bridgehead atoms. The van der Waals surface area contributed by atoms with Gasteiger partial charge in [-0.3, -0.25) is 0 Å². The smallest absolute Gasteiger partial charge is 0.192 e. The maximum absolute atomic E-state index is 6.77. The molecular weight excluding hydrogens is 320 g/mol. The largest absolute Gasteiger partial charge is 0.411 e. The summed E-state index contributed by atoms with van der Waals surface area (Å²) in [4.78, 5) is 0. The van der Waals surface area contributed by atoms with Gasteiger partial charge in [-0.2, -0.15) is 0 Å². The molecule has 1 aliphatic carbocycles. The van der Waals surface area contributed by atoms with Crippen LogP contribution in [0, 0.1) is 0 Å². The third-order valence-corrected chi connectivity index (χ3v) is 15.5. The first kappa shape index (κ1) is 19.6. The Bertz CT molecular complexity index is 395. The van der Waals surface area contributed by atoms with Crippen LogP contribution in [0.1, 0.15) is 54.4 Å². The number of rotatable bonds is 4. The second kappa shape index (κ2) is 5.94. The lowest BCUT2D eigenvalue weighted by Gasteiger charge is -2.46. The number of epoxide rings is 1. The Morgan fingerprint density at radius 2 is 1.00 bits per heavy atom. The van der Waals surface area contributed by atoms with Crippen molar-refractivity contribution in [1.82, 2.24) is 0 Å². The third kappa shape index (κ3) is 4.29. The second-order valence-corrected chi connectivity index (χ2v) is 20.0. The van der Waals surface area contributed by atoms with Crippen molar-refractivity contribution in [2.45, 2.75) is 115 Å². The van der Waals surface area contributed by atoms with Crippen molar-refractivity contribution in [3.8, 4) is 0 Å². The molecule has 0 aromatic carbocycles. The van der Waals surface area contributed by atoms with Gasteiger partial charge in [0.25, 0.3) is 0 Å². The summed E-state index contributed by atoms with van der Waals surface area (Å²) in [5, 5.41) is 0.464. The first-order valence-corrected chi connectivity index (χ1v) is 15.0. The van der Waals surface area contributed by atoms with Crippen LogP contribution in [0.3, 0.4) is 0 Å². The predicted molar refractivity (Wildman–Crippen MR) is 102 cm³/mol. The Balaban J connectivity index is 2.13. The van der Waals surface area contributed by atoms with Crippen LogP contribution < -0.4 is 0 Å². The van der Waals surface area contributed by atoms with Crippen LogP contribution in [0.25, 0.3) is 0 Å².